The van der Waals surface area contributed by atoms with Crippen LogP contribution in [0.15, 0.2) is 30.3 Å². The normalized spacial score (nSPS) is 15.8. The zero-order chi connectivity index (χ0) is 12.1. The largest absolute Gasteiger partial charge is 0.450 e. The number of para-hydroxylation sites is 1. The van der Waals surface area contributed by atoms with Crippen LogP contribution in [0.5, 0.6) is 0 Å². The van der Waals surface area contributed by atoms with Crippen LogP contribution in [0.1, 0.15) is 6.92 Å². The molecule has 1 aromatic rings. The van der Waals surface area contributed by atoms with Crippen molar-refractivity contribution in [3.05, 3.63) is 30.3 Å². The molecule has 1 fully saturated rings. The van der Waals surface area contributed by atoms with Crippen molar-refractivity contribution in [3.63, 3.8) is 0 Å². The van der Waals surface area contributed by atoms with Gasteiger partial charge in [-0.1, -0.05) is 18.2 Å². The minimum Gasteiger partial charge on any atom is -0.450 e. The van der Waals surface area contributed by atoms with E-state index in [9.17, 15) is 4.79 Å². The molecule has 0 unspecified atom stereocenters. The number of amides is 1. The Kier molecular flexibility index (Phi) is 3.85. The van der Waals surface area contributed by atoms with E-state index in [-0.39, 0.29) is 6.09 Å². The molecule has 92 valence electrons. The van der Waals surface area contributed by atoms with Crippen molar-refractivity contribution in [3.8, 4) is 0 Å². The summed E-state index contributed by atoms with van der Waals surface area (Å²) in [6.45, 7) is 5.46. The van der Waals surface area contributed by atoms with Crippen LogP contribution in [0.25, 0.3) is 0 Å². The van der Waals surface area contributed by atoms with E-state index in [1.165, 1.54) is 5.69 Å². The summed E-state index contributed by atoms with van der Waals surface area (Å²) < 4.78 is 4.99. The van der Waals surface area contributed by atoms with Gasteiger partial charge in [-0.15, -0.1) is 0 Å². The summed E-state index contributed by atoms with van der Waals surface area (Å²) in [4.78, 5) is 15.6. The molecule has 0 bridgehead atoms. The van der Waals surface area contributed by atoms with Gasteiger partial charge in [0.25, 0.3) is 0 Å². The first kappa shape index (κ1) is 11.8. The number of carbonyl (C=O) groups excluding carboxylic acids is 1. The van der Waals surface area contributed by atoms with Gasteiger partial charge in [-0.3, -0.25) is 0 Å². The van der Waals surface area contributed by atoms with Gasteiger partial charge in [-0.05, 0) is 19.1 Å². The van der Waals surface area contributed by atoms with Crippen molar-refractivity contribution in [2.24, 2.45) is 0 Å². The lowest BCUT2D eigenvalue weighted by Crippen LogP contribution is -2.48. The second-order valence-electron chi connectivity index (χ2n) is 4.01. The third-order valence-electron chi connectivity index (χ3n) is 2.93. The zero-order valence-electron chi connectivity index (χ0n) is 10.1. The zero-order valence-corrected chi connectivity index (χ0v) is 10.1. The van der Waals surface area contributed by atoms with E-state index in [1.54, 1.807) is 4.90 Å². The summed E-state index contributed by atoms with van der Waals surface area (Å²) in [6.07, 6.45) is -0.194. The predicted molar refractivity (Wildman–Crippen MR) is 67.3 cm³/mol. The minimum atomic E-state index is -0.194. The average molecular weight is 234 g/mol. The molecule has 4 nitrogen and oxygen atoms in total. The molecule has 1 aromatic carbocycles. The quantitative estimate of drug-likeness (QED) is 0.784. The molecule has 0 spiro atoms. The molecular formula is C13H18N2O2. The Morgan fingerprint density at radius 2 is 1.82 bits per heavy atom. The van der Waals surface area contributed by atoms with Gasteiger partial charge >= 0.3 is 6.09 Å². The molecule has 4 heteroatoms. The van der Waals surface area contributed by atoms with Gasteiger partial charge in [0, 0.05) is 31.9 Å². The summed E-state index contributed by atoms with van der Waals surface area (Å²) in [5, 5.41) is 0. The first-order chi connectivity index (χ1) is 8.31. The lowest BCUT2D eigenvalue weighted by atomic mass is 10.2. The number of benzene rings is 1. The lowest BCUT2D eigenvalue weighted by Gasteiger charge is -2.35. The second kappa shape index (κ2) is 5.57. The van der Waals surface area contributed by atoms with E-state index in [0.29, 0.717) is 6.61 Å². The molecule has 0 atom stereocenters. The molecule has 17 heavy (non-hydrogen) atoms. The molecule has 1 amide bonds. The Balaban J connectivity index is 1.88. The molecule has 0 saturated carbocycles. The van der Waals surface area contributed by atoms with Gasteiger partial charge in [0.1, 0.15) is 0 Å². The number of ether oxygens (including phenoxy) is 1. The standard InChI is InChI=1S/C13H18N2O2/c1-2-17-13(16)15-10-8-14(9-11-15)12-6-4-3-5-7-12/h3-7H,2,8-11H2,1H3. The predicted octanol–water partition coefficient (Wildman–Crippen LogP) is 1.97. The fraction of sp³-hybridized carbons (Fsp3) is 0.462. The molecule has 2 rings (SSSR count). The van der Waals surface area contributed by atoms with Gasteiger partial charge in [0.15, 0.2) is 0 Å². The monoisotopic (exact) mass is 234 g/mol. The third kappa shape index (κ3) is 2.90. The van der Waals surface area contributed by atoms with Crippen LogP contribution in [-0.4, -0.2) is 43.8 Å². The SMILES string of the molecule is CCOC(=O)N1CCN(c2ccccc2)CC1. The highest BCUT2D eigenvalue weighted by atomic mass is 16.6. The number of hydrogen-bond donors (Lipinski definition) is 0. The molecular weight excluding hydrogens is 216 g/mol. The fourth-order valence-electron chi connectivity index (χ4n) is 2.00. The lowest BCUT2D eigenvalue weighted by molar-refractivity contribution is 0.105. The van der Waals surface area contributed by atoms with E-state index in [1.807, 2.05) is 25.1 Å². The van der Waals surface area contributed by atoms with Gasteiger partial charge in [0.05, 0.1) is 6.61 Å². The first-order valence-corrected chi connectivity index (χ1v) is 6.03. The smallest absolute Gasteiger partial charge is 0.409 e. The van der Waals surface area contributed by atoms with Crippen molar-refractivity contribution in [2.75, 3.05) is 37.7 Å². The number of carbonyl (C=O) groups is 1. The van der Waals surface area contributed by atoms with Crippen molar-refractivity contribution in [2.45, 2.75) is 6.92 Å². The molecule has 0 aromatic heterocycles. The van der Waals surface area contributed by atoms with E-state index < -0.39 is 0 Å². The van der Waals surface area contributed by atoms with Crippen LogP contribution in [0.2, 0.25) is 0 Å². The van der Waals surface area contributed by atoms with Crippen LogP contribution in [0.4, 0.5) is 10.5 Å². The maximum atomic E-state index is 11.5. The van der Waals surface area contributed by atoms with Gasteiger partial charge < -0.3 is 14.5 Å². The highest BCUT2D eigenvalue weighted by Crippen LogP contribution is 2.15. The van der Waals surface area contributed by atoms with Crippen LogP contribution >= 0.6 is 0 Å². The summed E-state index contributed by atoms with van der Waals surface area (Å²) in [5.74, 6) is 0. The Labute approximate surface area is 102 Å². The summed E-state index contributed by atoms with van der Waals surface area (Å²) in [5.41, 5.74) is 1.22. The van der Waals surface area contributed by atoms with Gasteiger partial charge in [-0.2, -0.15) is 0 Å². The van der Waals surface area contributed by atoms with Crippen LogP contribution in [-0.2, 0) is 4.74 Å². The van der Waals surface area contributed by atoms with E-state index in [4.69, 9.17) is 4.74 Å². The number of anilines is 1. The molecule has 1 heterocycles. The molecule has 0 radical (unpaired) electrons. The molecule has 0 aliphatic carbocycles. The van der Waals surface area contributed by atoms with Crippen molar-refractivity contribution in [1.82, 2.24) is 4.90 Å². The van der Waals surface area contributed by atoms with Gasteiger partial charge in [-0.25, -0.2) is 4.79 Å². The Morgan fingerprint density at radius 3 is 2.41 bits per heavy atom. The summed E-state index contributed by atoms with van der Waals surface area (Å²) in [6, 6.07) is 10.3. The van der Waals surface area contributed by atoms with Crippen molar-refractivity contribution < 1.29 is 9.53 Å². The maximum absolute atomic E-state index is 11.5. The minimum absolute atomic E-state index is 0.194. The topological polar surface area (TPSA) is 32.8 Å². The highest BCUT2D eigenvalue weighted by Gasteiger charge is 2.21. The third-order valence-corrected chi connectivity index (χ3v) is 2.93. The second-order valence-corrected chi connectivity index (χ2v) is 4.01. The van der Waals surface area contributed by atoms with Crippen molar-refractivity contribution in [1.29, 1.82) is 0 Å². The summed E-state index contributed by atoms with van der Waals surface area (Å²) >= 11 is 0. The Hall–Kier alpha value is -1.71. The van der Waals surface area contributed by atoms with Crippen molar-refractivity contribution >= 4 is 11.8 Å². The summed E-state index contributed by atoms with van der Waals surface area (Å²) in [7, 11) is 0. The van der Waals surface area contributed by atoms with Gasteiger partial charge in [0.2, 0.25) is 0 Å². The highest BCUT2D eigenvalue weighted by molar-refractivity contribution is 5.68. The Bertz CT molecular complexity index is 359. The fourth-order valence-corrected chi connectivity index (χ4v) is 2.00. The maximum Gasteiger partial charge on any atom is 0.409 e. The molecule has 1 aliphatic heterocycles. The number of rotatable bonds is 2. The van der Waals surface area contributed by atoms with E-state index in [2.05, 4.69) is 17.0 Å². The van der Waals surface area contributed by atoms with E-state index >= 15 is 0 Å². The van der Waals surface area contributed by atoms with E-state index in [0.717, 1.165) is 26.2 Å². The molecule has 1 aliphatic rings. The first-order valence-electron chi connectivity index (χ1n) is 6.03. The Morgan fingerprint density at radius 1 is 1.18 bits per heavy atom. The van der Waals surface area contributed by atoms with Crippen LogP contribution in [0.3, 0.4) is 0 Å². The number of nitrogens with zero attached hydrogens (tertiary/aromatic N) is 2. The molecule has 1 saturated heterocycles. The average Bonchev–Trinajstić information content (AvgIpc) is 2.40. The number of piperazine rings is 1. The molecule has 0 N–H and O–H groups in total. The van der Waals surface area contributed by atoms with Crippen LogP contribution in [0, 0.1) is 0 Å². The number of hydrogen-bond acceptors (Lipinski definition) is 3. The van der Waals surface area contributed by atoms with Crippen LogP contribution < -0.4 is 4.90 Å².